The minimum atomic E-state index is -1.05. The zero-order valence-corrected chi connectivity index (χ0v) is 31.4. The van der Waals surface area contributed by atoms with Gasteiger partial charge in [-0.3, -0.25) is 0 Å². The molecule has 0 amide bonds. The molecule has 2 aromatic heterocycles. The number of ether oxygens (including phenoxy) is 4. The zero-order chi connectivity index (χ0) is 39.0. The predicted molar refractivity (Wildman–Crippen MR) is 217 cm³/mol. The molecule has 10 heteroatoms. The van der Waals surface area contributed by atoms with Gasteiger partial charge in [-0.05, 0) is 83.6 Å². The van der Waals surface area contributed by atoms with E-state index >= 15 is 0 Å². The highest BCUT2D eigenvalue weighted by Gasteiger charge is 2.30. The molecule has 0 radical (unpaired) electrons. The summed E-state index contributed by atoms with van der Waals surface area (Å²) in [6, 6.07) is 29.3. The zero-order valence-electron chi connectivity index (χ0n) is 31.4. The molecule has 0 aliphatic rings. The van der Waals surface area contributed by atoms with Crippen molar-refractivity contribution in [2.75, 3.05) is 13.2 Å². The molecule has 0 saturated heterocycles. The molecule has 0 aliphatic heterocycles. The van der Waals surface area contributed by atoms with Crippen LogP contribution < -0.4 is 41.4 Å². The summed E-state index contributed by atoms with van der Waals surface area (Å²) in [7, 11) is 0. The molecule has 0 unspecified atom stereocenters. The highest BCUT2D eigenvalue weighted by atomic mass is 16.5. The fraction of sp³-hybridized carbons (Fsp3) is 0.261. The SMILES string of the molecule is CCCCCCOc1ccc(-c2ccc(Oc3c4c(=O)oc(=O)c4c(Oc4ccc(-c5ccc(OCCCCCC)cc5)cc4)c4c(=O)oc(=O)c34)cc2)cc1. The molecule has 0 saturated carbocycles. The van der Waals surface area contributed by atoms with Crippen molar-refractivity contribution in [3.8, 4) is 56.8 Å². The molecule has 0 bridgehead atoms. The van der Waals surface area contributed by atoms with E-state index < -0.39 is 22.5 Å². The van der Waals surface area contributed by atoms with Gasteiger partial charge in [0.25, 0.3) is 0 Å². The van der Waals surface area contributed by atoms with E-state index in [9.17, 15) is 19.2 Å². The molecule has 7 rings (SSSR count). The molecule has 7 aromatic rings. The maximum absolute atomic E-state index is 13.1. The topological polar surface area (TPSA) is 131 Å². The van der Waals surface area contributed by atoms with Crippen LogP contribution in [-0.2, 0) is 0 Å². The number of unbranched alkanes of at least 4 members (excludes halogenated alkanes) is 6. The first-order valence-electron chi connectivity index (χ1n) is 19.1. The van der Waals surface area contributed by atoms with Crippen molar-refractivity contribution in [3.05, 3.63) is 139 Å². The molecule has 0 spiro atoms. The van der Waals surface area contributed by atoms with E-state index in [4.69, 9.17) is 27.8 Å². The van der Waals surface area contributed by atoms with Crippen molar-refractivity contribution in [3.63, 3.8) is 0 Å². The number of rotatable bonds is 18. The largest absolute Gasteiger partial charge is 0.494 e. The molecule has 0 N–H and O–H groups in total. The fourth-order valence-corrected chi connectivity index (χ4v) is 6.65. The summed E-state index contributed by atoms with van der Waals surface area (Å²) < 4.78 is 33.9. The summed E-state index contributed by atoms with van der Waals surface area (Å²) in [4.78, 5) is 52.6. The third kappa shape index (κ3) is 8.29. The van der Waals surface area contributed by atoms with Gasteiger partial charge in [-0.25, -0.2) is 19.2 Å². The van der Waals surface area contributed by atoms with Gasteiger partial charge in [-0.2, -0.15) is 0 Å². The first kappa shape index (κ1) is 37.9. The maximum atomic E-state index is 13.1. The normalized spacial score (nSPS) is 11.3. The average molecular weight is 755 g/mol. The lowest BCUT2D eigenvalue weighted by atomic mass is 10.0. The van der Waals surface area contributed by atoms with Crippen LogP contribution in [0.3, 0.4) is 0 Å². The van der Waals surface area contributed by atoms with E-state index in [1.807, 2.05) is 72.8 Å². The lowest BCUT2D eigenvalue weighted by Crippen LogP contribution is -2.03. The van der Waals surface area contributed by atoms with Crippen LogP contribution in [0.2, 0.25) is 0 Å². The number of hydrogen-bond donors (Lipinski definition) is 0. The van der Waals surface area contributed by atoms with E-state index in [0.717, 1.165) is 59.4 Å². The summed E-state index contributed by atoms with van der Waals surface area (Å²) in [5.41, 5.74) is -0.571. The van der Waals surface area contributed by atoms with Crippen molar-refractivity contribution < 1.29 is 27.8 Å². The van der Waals surface area contributed by atoms with Gasteiger partial charge in [0.05, 0.1) is 13.2 Å². The van der Waals surface area contributed by atoms with E-state index in [0.29, 0.717) is 13.2 Å². The van der Waals surface area contributed by atoms with Gasteiger partial charge in [0.1, 0.15) is 44.5 Å². The Hall–Kier alpha value is -6.42. The first-order chi connectivity index (χ1) is 27.3. The second-order valence-electron chi connectivity index (χ2n) is 13.6. The molecule has 0 aliphatic carbocycles. The van der Waals surface area contributed by atoms with Crippen LogP contribution in [0.25, 0.3) is 43.8 Å². The summed E-state index contributed by atoms with van der Waals surface area (Å²) in [5, 5.41) is -1.36. The van der Waals surface area contributed by atoms with Gasteiger partial charge in [0, 0.05) is 0 Å². The van der Waals surface area contributed by atoms with Crippen LogP contribution in [0, 0.1) is 0 Å². The Balaban J connectivity index is 1.12. The Labute approximate surface area is 322 Å². The van der Waals surface area contributed by atoms with Crippen molar-refractivity contribution in [2.45, 2.75) is 65.2 Å². The van der Waals surface area contributed by atoms with Crippen molar-refractivity contribution in [1.82, 2.24) is 0 Å². The van der Waals surface area contributed by atoms with Gasteiger partial charge in [0.2, 0.25) is 0 Å². The minimum absolute atomic E-state index is 0.236. The number of benzene rings is 5. The predicted octanol–water partition coefficient (Wildman–Crippen LogP) is 10.3. The standard InChI is InChI=1S/C46H42O10/c1-3-5-7-9-27-51-33-19-11-29(12-20-33)31-15-23-35(24-16-31)53-41-37-39(45(49)55-43(37)47)42(40-38(41)44(48)56-46(40)50)54-36-25-17-32(18-26-36)30-13-21-34(22-14-30)52-28-10-8-6-4-2/h11-26H,3-10,27-28H2,1-2H3. The van der Waals surface area contributed by atoms with Crippen LogP contribution in [0.1, 0.15) is 65.2 Å². The molecular weight excluding hydrogens is 712 g/mol. The number of fused-ring (bicyclic) bond motifs is 2. The Morgan fingerprint density at radius 3 is 0.946 bits per heavy atom. The van der Waals surface area contributed by atoms with E-state index in [1.54, 1.807) is 24.3 Å². The lowest BCUT2D eigenvalue weighted by Gasteiger charge is -2.12. The Bertz CT molecular complexity index is 2350. The highest BCUT2D eigenvalue weighted by molar-refractivity contribution is 6.10. The third-order valence-electron chi connectivity index (χ3n) is 9.65. The van der Waals surface area contributed by atoms with Gasteiger partial charge in [0.15, 0.2) is 11.5 Å². The van der Waals surface area contributed by atoms with Crippen LogP contribution >= 0.6 is 0 Å². The van der Waals surface area contributed by atoms with E-state index in [-0.39, 0.29) is 44.5 Å². The highest BCUT2D eigenvalue weighted by Crippen LogP contribution is 2.42. The third-order valence-corrected chi connectivity index (χ3v) is 9.65. The minimum Gasteiger partial charge on any atom is -0.494 e. The molecule has 286 valence electrons. The number of hydrogen-bond acceptors (Lipinski definition) is 10. The van der Waals surface area contributed by atoms with E-state index in [1.165, 1.54) is 25.7 Å². The van der Waals surface area contributed by atoms with Crippen LogP contribution in [0.4, 0.5) is 0 Å². The first-order valence-corrected chi connectivity index (χ1v) is 19.1. The Morgan fingerprint density at radius 2 is 0.661 bits per heavy atom. The average Bonchev–Trinajstić information content (AvgIpc) is 3.69. The summed E-state index contributed by atoms with van der Waals surface area (Å²) in [6.45, 7) is 5.69. The second kappa shape index (κ2) is 17.4. The summed E-state index contributed by atoms with van der Waals surface area (Å²) in [6.07, 6.45) is 9.04. The lowest BCUT2D eigenvalue weighted by molar-refractivity contribution is 0.305. The van der Waals surface area contributed by atoms with Gasteiger partial charge < -0.3 is 27.8 Å². The van der Waals surface area contributed by atoms with Crippen molar-refractivity contribution >= 4 is 21.5 Å². The molecule has 56 heavy (non-hydrogen) atoms. The van der Waals surface area contributed by atoms with Gasteiger partial charge in [-0.15, -0.1) is 0 Å². The summed E-state index contributed by atoms with van der Waals surface area (Å²) in [5.74, 6) is 1.40. The van der Waals surface area contributed by atoms with Crippen LogP contribution in [0.5, 0.6) is 34.5 Å². The monoisotopic (exact) mass is 754 g/mol. The smallest absolute Gasteiger partial charge is 0.350 e. The molecule has 0 fully saturated rings. The molecule has 2 heterocycles. The van der Waals surface area contributed by atoms with Gasteiger partial charge >= 0.3 is 22.5 Å². The van der Waals surface area contributed by atoms with Crippen LogP contribution in [-0.4, -0.2) is 13.2 Å². The van der Waals surface area contributed by atoms with Gasteiger partial charge in [-0.1, -0.05) is 101 Å². The molecule has 0 atom stereocenters. The van der Waals surface area contributed by atoms with Crippen molar-refractivity contribution in [2.24, 2.45) is 0 Å². The molecule has 5 aromatic carbocycles. The van der Waals surface area contributed by atoms with Crippen LogP contribution in [0.15, 0.2) is 125 Å². The molecular formula is C46H42O10. The number of furan rings is 2. The quantitative estimate of drug-likeness (QED) is 0.0780. The van der Waals surface area contributed by atoms with E-state index in [2.05, 4.69) is 13.8 Å². The molecule has 10 nitrogen and oxygen atoms in total. The maximum Gasteiger partial charge on any atom is 0.350 e. The Kier molecular flexibility index (Phi) is 11.7. The summed E-state index contributed by atoms with van der Waals surface area (Å²) >= 11 is 0. The van der Waals surface area contributed by atoms with Crippen molar-refractivity contribution in [1.29, 1.82) is 0 Å². The fourth-order valence-electron chi connectivity index (χ4n) is 6.65. The second-order valence-corrected chi connectivity index (χ2v) is 13.6. The Morgan fingerprint density at radius 1 is 0.375 bits per heavy atom.